The van der Waals surface area contributed by atoms with E-state index in [1.807, 2.05) is 54.6 Å². The number of carbonyl (C=O) groups excluding carboxylic acids is 1. The van der Waals surface area contributed by atoms with Crippen molar-refractivity contribution >= 4 is 11.7 Å². The van der Waals surface area contributed by atoms with Crippen LogP contribution >= 0.6 is 0 Å². The fourth-order valence-electron chi connectivity index (χ4n) is 3.43. The van der Waals surface area contributed by atoms with Gasteiger partial charge in [-0.2, -0.15) is 0 Å². The Morgan fingerprint density at radius 1 is 1.06 bits per heavy atom. The van der Waals surface area contributed by atoms with E-state index in [4.69, 9.17) is 4.74 Å². The smallest absolute Gasteiger partial charge is 0.343 e. The van der Waals surface area contributed by atoms with Crippen molar-refractivity contribution in [2.24, 2.45) is 4.99 Å². The maximum absolute atomic E-state index is 13.3. The second-order valence-electron chi connectivity index (χ2n) is 7.06. The van der Waals surface area contributed by atoms with E-state index in [0.29, 0.717) is 12.1 Å². The summed E-state index contributed by atoms with van der Waals surface area (Å²) in [6.07, 6.45) is 9.32. The Morgan fingerprint density at radius 2 is 1.84 bits per heavy atom. The van der Waals surface area contributed by atoms with E-state index in [1.165, 1.54) is 6.07 Å². The topological polar surface area (TPSA) is 66.4 Å². The third-order valence-corrected chi connectivity index (χ3v) is 4.98. The molecule has 0 saturated carbocycles. The monoisotopic (exact) mass is 443 g/mol. The number of esters is 1. The molecule has 1 atom stereocenters. The molecule has 0 spiro atoms. The molecule has 2 aromatic carbocycles. The lowest BCUT2D eigenvalue weighted by Gasteiger charge is -2.19. The summed E-state index contributed by atoms with van der Waals surface area (Å²) in [5.41, 5.74) is 1.58. The van der Waals surface area contributed by atoms with Crippen LogP contribution in [0, 0.1) is 0 Å². The number of ether oxygens (including phenoxy) is 1. The van der Waals surface area contributed by atoms with Gasteiger partial charge in [-0.3, -0.25) is 9.93 Å². The Bertz CT molecular complexity index is 1000. The SMILES string of the molecule is CN=C1/C=C/CC/C=C/C[C@H](c2ccccc2)OC(=O)c2c(cc(OF)cc2OOF)C1. The minimum Gasteiger partial charge on any atom is -0.453 e. The van der Waals surface area contributed by atoms with E-state index in [1.54, 1.807) is 7.05 Å². The lowest BCUT2D eigenvalue weighted by molar-refractivity contribution is -0.368. The zero-order chi connectivity index (χ0) is 22.8. The first-order chi connectivity index (χ1) is 15.7. The van der Waals surface area contributed by atoms with Crippen LogP contribution in [-0.2, 0) is 16.2 Å². The second kappa shape index (κ2) is 11.8. The highest BCUT2D eigenvalue weighted by atomic mass is 19.3. The average Bonchev–Trinajstić information content (AvgIpc) is 2.81. The van der Waals surface area contributed by atoms with Crippen molar-refractivity contribution in [2.45, 2.75) is 31.8 Å². The molecular formula is C24H23F2NO5. The highest BCUT2D eigenvalue weighted by Crippen LogP contribution is 2.33. The number of allylic oxidation sites excluding steroid dienone is 3. The van der Waals surface area contributed by atoms with Crippen molar-refractivity contribution in [2.75, 3.05) is 7.05 Å². The largest absolute Gasteiger partial charge is 0.453 e. The van der Waals surface area contributed by atoms with Crippen molar-refractivity contribution in [3.8, 4) is 11.5 Å². The van der Waals surface area contributed by atoms with E-state index >= 15 is 0 Å². The van der Waals surface area contributed by atoms with Crippen LogP contribution in [0.15, 0.2) is 71.8 Å². The number of benzene rings is 2. The highest BCUT2D eigenvalue weighted by molar-refractivity contribution is 6.00. The third-order valence-electron chi connectivity index (χ3n) is 4.98. The van der Waals surface area contributed by atoms with Gasteiger partial charge in [0.25, 0.3) is 0 Å². The van der Waals surface area contributed by atoms with E-state index in [0.717, 1.165) is 24.5 Å². The number of fused-ring (bicyclic) bond motifs is 1. The van der Waals surface area contributed by atoms with Crippen molar-refractivity contribution in [3.05, 3.63) is 83.5 Å². The summed E-state index contributed by atoms with van der Waals surface area (Å²) >= 11 is 0. The standard InChI is InChI=1S/C24H23F2NO5/c1-27-19-12-8-3-2-4-9-13-21(17-10-6-5-7-11-17)29-24(28)23-18(14-19)15-20(30-25)16-22(23)31-32-26/h4-12,15-16,21H,2-3,13-14H2,1H3/b9-4+,12-8+,27-19?/t21-/m1/s1. The van der Waals surface area contributed by atoms with Crippen LogP contribution in [-0.4, -0.2) is 18.7 Å². The number of hydrogen-bond acceptors (Lipinski definition) is 6. The van der Waals surface area contributed by atoms with Gasteiger partial charge in [0, 0.05) is 41.3 Å². The van der Waals surface area contributed by atoms with E-state index < -0.39 is 12.1 Å². The number of aliphatic imine (C=N–C) groups is 1. The molecule has 0 N–H and O–H groups in total. The van der Waals surface area contributed by atoms with Crippen LogP contribution in [0.4, 0.5) is 9.05 Å². The summed E-state index contributed by atoms with van der Waals surface area (Å²) in [4.78, 5) is 25.8. The third kappa shape index (κ3) is 6.01. The molecule has 1 aliphatic heterocycles. The molecule has 1 heterocycles. The summed E-state index contributed by atoms with van der Waals surface area (Å²) in [7, 11) is 1.60. The molecule has 168 valence electrons. The van der Waals surface area contributed by atoms with Gasteiger partial charge < -0.3 is 9.62 Å². The van der Waals surface area contributed by atoms with Gasteiger partial charge in [0.05, 0.1) is 0 Å². The Hall–Kier alpha value is -3.52. The predicted octanol–water partition coefficient (Wildman–Crippen LogP) is 5.95. The predicted molar refractivity (Wildman–Crippen MR) is 115 cm³/mol. The van der Waals surface area contributed by atoms with Gasteiger partial charge in [0.2, 0.25) is 0 Å². The van der Waals surface area contributed by atoms with Crippen LogP contribution in [0.25, 0.3) is 0 Å². The molecule has 2 aromatic rings. The lowest BCUT2D eigenvalue weighted by atomic mass is 9.99. The first kappa shape index (κ1) is 23.1. The molecule has 8 heteroatoms. The zero-order valence-corrected chi connectivity index (χ0v) is 17.5. The van der Waals surface area contributed by atoms with Gasteiger partial charge in [-0.1, -0.05) is 48.6 Å². The van der Waals surface area contributed by atoms with E-state index in [9.17, 15) is 13.8 Å². The summed E-state index contributed by atoms with van der Waals surface area (Å²) in [6, 6.07) is 11.6. The molecule has 0 aromatic heterocycles. The molecule has 32 heavy (non-hydrogen) atoms. The van der Waals surface area contributed by atoms with Gasteiger partial charge in [-0.15, -0.1) is 0 Å². The Kier molecular flexibility index (Phi) is 8.51. The molecule has 0 aliphatic carbocycles. The number of carbonyl (C=O) groups is 1. The minimum absolute atomic E-state index is 0.111. The van der Waals surface area contributed by atoms with E-state index in [2.05, 4.69) is 19.9 Å². The fraction of sp³-hybridized carbons (Fsp3) is 0.250. The van der Waals surface area contributed by atoms with Crippen LogP contribution in [0.1, 0.15) is 46.9 Å². The maximum atomic E-state index is 13.3. The molecule has 0 amide bonds. The van der Waals surface area contributed by atoms with Gasteiger partial charge in [-0.25, -0.2) is 4.79 Å². The van der Waals surface area contributed by atoms with Crippen molar-refractivity contribution in [3.63, 3.8) is 0 Å². The quantitative estimate of drug-likeness (QED) is 0.253. The molecule has 0 bridgehead atoms. The number of rotatable bonds is 4. The number of cyclic esters (lactones) is 1. The highest BCUT2D eigenvalue weighted by Gasteiger charge is 2.26. The molecule has 1 aliphatic rings. The van der Waals surface area contributed by atoms with Gasteiger partial charge >= 0.3 is 5.97 Å². The number of halogens is 2. The maximum Gasteiger partial charge on any atom is 0.343 e. The lowest BCUT2D eigenvalue weighted by Crippen LogP contribution is -2.16. The van der Waals surface area contributed by atoms with E-state index in [-0.39, 0.29) is 29.0 Å². The fourth-order valence-corrected chi connectivity index (χ4v) is 3.43. The molecule has 0 fully saturated rings. The van der Waals surface area contributed by atoms with Gasteiger partial charge in [-0.05, 0) is 40.6 Å². The first-order valence-electron chi connectivity index (χ1n) is 10.1. The van der Waals surface area contributed by atoms with Crippen molar-refractivity contribution in [1.82, 2.24) is 0 Å². The van der Waals surface area contributed by atoms with Gasteiger partial charge in [0.15, 0.2) is 11.5 Å². The Balaban J connectivity index is 2.10. The Labute approximate surface area is 184 Å². The van der Waals surface area contributed by atoms with Crippen LogP contribution < -0.4 is 9.83 Å². The van der Waals surface area contributed by atoms with Crippen LogP contribution in [0.2, 0.25) is 0 Å². The summed E-state index contributed by atoms with van der Waals surface area (Å²) in [6.45, 7) is 0. The number of nitrogens with zero attached hydrogens (tertiary/aromatic N) is 1. The normalized spacial score (nSPS) is 20.5. The molecular weight excluding hydrogens is 420 g/mol. The minimum atomic E-state index is -0.781. The van der Waals surface area contributed by atoms with Crippen molar-refractivity contribution < 1.29 is 33.5 Å². The van der Waals surface area contributed by atoms with Crippen LogP contribution in [0.3, 0.4) is 0 Å². The molecule has 0 saturated heterocycles. The zero-order valence-electron chi connectivity index (χ0n) is 17.5. The summed E-state index contributed by atoms with van der Waals surface area (Å²) in [5, 5.41) is 3.27. The van der Waals surface area contributed by atoms with Crippen LogP contribution in [0.5, 0.6) is 11.5 Å². The van der Waals surface area contributed by atoms with Crippen molar-refractivity contribution in [1.29, 1.82) is 0 Å². The molecule has 6 nitrogen and oxygen atoms in total. The Morgan fingerprint density at radius 3 is 2.56 bits per heavy atom. The summed E-state index contributed by atoms with van der Waals surface area (Å²) < 4.78 is 31.3. The van der Waals surface area contributed by atoms with Gasteiger partial charge in [0.1, 0.15) is 11.7 Å². The number of hydrogen-bond donors (Lipinski definition) is 0. The molecule has 0 unspecified atom stereocenters. The molecule has 0 radical (unpaired) electrons. The second-order valence-corrected chi connectivity index (χ2v) is 7.06. The summed E-state index contributed by atoms with van der Waals surface area (Å²) in [5.74, 6) is -1.44. The average molecular weight is 443 g/mol. The molecule has 3 rings (SSSR count). The first-order valence-corrected chi connectivity index (χ1v) is 10.1.